The predicted octanol–water partition coefficient (Wildman–Crippen LogP) is 4.27. The maximum absolute atomic E-state index is 13.2. The summed E-state index contributed by atoms with van der Waals surface area (Å²) in [4.78, 5) is 43.2. The van der Waals surface area contributed by atoms with E-state index in [1.54, 1.807) is 59.9 Å². The van der Waals surface area contributed by atoms with Crippen LogP contribution in [0.2, 0.25) is 10.0 Å². The molecule has 1 atom stereocenters. The molecular formula is C24H21Cl2N3O3S. The molecule has 0 bridgehead atoms. The molecule has 1 aromatic heterocycles. The van der Waals surface area contributed by atoms with Crippen LogP contribution >= 0.6 is 34.5 Å². The average molecular weight is 502 g/mol. The van der Waals surface area contributed by atoms with Gasteiger partial charge < -0.3 is 15.1 Å². The van der Waals surface area contributed by atoms with Crippen LogP contribution in [-0.4, -0.2) is 48.2 Å². The zero-order chi connectivity index (χ0) is 23.4. The minimum absolute atomic E-state index is 0.0773. The first-order chi connectivity index (χ1) is 15.9. The van der Waals surface area contributed by atoms with Crippen molar-refractivity contribution in [1.29, 1.82) is 0 Å². The average Bonchev–Trinajstić information content (AvgIpc) is 3.37. The zero-order valence-corrected chi connectivity index (χ0v) is 19.9. The Kier molecular flexibility index (Phi) is 7.33. The van der Waals surface area contributed by atoms with Crippen LogP contribution in [0.5, 0.6) is 0 Å². The number of carbonyl (C=O) groups is 3. The quantitative estimate of drug-likeness (QED) is 0.404. The number of piperazine rings is 1. The van der Waals surface area contributed by atoms with Crippen molar-refractivity contribution in [3.8, 4) is 0 Å². The lowest BCUT2D eigenvalue weighted by Crippen LogP contribution is -2.61. The molecule has 1 fully saturated rings. The number of amides is 2. The number of carbonyl (C=O) groups excluding carboxylic acids is 3. The Morgan fingerprint density at radius 3 is 2.45 bits per heavy atom. The van der Waals surface area contributed by atoms with Gasteiger partial charge in [0, 0.05) is 29.2 Å². The van der Waals surface area contributed by atoms with Gasteiger partial charge in [-0.1, -0.05) is 59.6 Å². The zero-order valence-electron chi connectivity index (χ0n) is 17.5. The van der Waals surface area contributed by atoms with Crippen LogP contribution in [0, 0.1) is 0 Å². The summed E-state index contributed by atoms with van der Waals surface area (Å²) in [5, 5.41) is 5.69. The minimum Gasteiger partial charge on any atom is -0.356 e. The maximum atomic E-state index is 13.2. The topological polar surface area (TPSA) is 69.7 Å². The molecule has 0 unspecified atom stereocenters. The third kappa shape index (κ3) is 5.38. The van der Waals surface area contributed by atoms with Gasteiger partial charge in [0.25, 0.3) is 5.91 Å². The van der Waals surface area contributed by atoms with Gasteiger partial charge in [0.15, 0.2) is 0 Å². The number of hydrogen-bond donors (Lipinski definition) is 1. The smallest absolute Gasteiger partial charge is 0.295 e. The summed E-state index contributed by atoms with van der Waals surface area (Å²) in [7, 11) is 0. The second-order valence-electron chi connectivity index (χ2n) is 7.55. The number of ketones is 1. The first kappa shape index (κ1) is 23.3. The van der Waals surface area contributed by atoms with Gasteiger partial charge in [-0.25, -0.2) is 0 Å². The molecule has 4 rings (SSSR count). The number of rotatable bonds is 6. The van der Waals surface area contributed by atoms with E-state index in [1.807, 2.05) is 22.4 Å². The molecular weight excluding hydrogens is 481 g/mol. The van der Waals surface area contributed by atoms with Crippen molar-refractivity contribution >= 4 is 57.8 Å². The molecule has 2 aromatic carbocycles. The number of nitrogens with zero attached hydrogens (tertiary/aromatic N) is 2. The Bertz CT molecular complexity index is 1160. The highest BCUT2D eigenvalue weighted by Gasteiger charge is 2.36. The van der Waals surface area contributed by atoms with Gasteiger partial charge in [0.2, 0.25) is 11.7 Å². The largest absolute Gasteiger partial charge is 0.356 e. The number of thiophene rings is 1. The van der Waals surface area contributed by atoms with E-state index in [2.05, 4.69) is 5.32 Å². The fraction of sp³-hybridized carbons (Fsp3) is 0.208. The molecule has 6 nitrogen and oxygen atoms in total. The molecule has 0 spiro atoms. The molecule has 1 aliphatic heterocycles. The Balaban J connectivity index is 1.55. The number of nitrogens with one attached hydrogen (secondary N) is 1. The Morgan fingerprint density at radius 1 is 0.970 bits per heavy atom. The Hall–Kier alpha value is -2.87. The highest BCUT2D eigenvalue weighted by molar-refractivity contribution is 7.09. The minimum atomic E-state index is -0.691. The van der Waals surface area contributed by atoms with E-state index < -0.39 is 17.7 Å². The summed E-state index contributed by atoms with van der Waals surface area (Å²) >= 11 is 13.8. The third-order valence-corrected chi connectivity index (χ3v) is 7.07. The summed E-state index contributed by atoms with van der Waals surface area (Å²) < 4.78 is 0. The molecule has 2 heterocycles. The summed E-state index contributed by atoms with van der Waals surface area (Å²) in [5.74, 6) is -1.44. The first-order valence-corrected chi connectivity index (χ1v) is 12.0. The van der Waals surface area contributed by atoms with E-state index in [4.69, 9.17) is 23.2 Å². The van der Waals surface area contributed by atoms with Gasteiger partial charge in [0.1, 0.15) is 6.04 Å². The van der Waals surface area contributed by atoms with Gasteiger partial charge >= 0.3 is 0 Å². The van der Waals surface area contributed by atoms with Crippen molar-refractivity contribution in [2.75, 3.05) is 24.5 Å². The normalized spacial score (nSPS) is 15.9. The molecule has 1 N–H and O–H groups in total. The van der Waals surface area contributed by atoms with Crippen molar-refractivity contribution in [2.45, 2.75) is 12.6 Å². The number of hydrogen-bond acceptors (Lipinski definition) is 5. The van der Waals surface area contributed by atoms with Crippen molar-refractivity contribution in [2.24, 2.45) is 0 Å². The summed E-state index contributed by atoms with van der Waals surface area (Å²) in [6, 6.07) is 16.8. The number of anilines is 1. The second-order valence-corrected chi connectivity index (χ2v) is 9.40. The maximum Gasteiger partial charge on any atom is 0.295 e. The van der Waals surface area contributed by atoms with Crippen LogP contribution in [0.15, 0.2) is 66.0 Å². The van der Waals surface area contributed by atoms with Crippen LogP contribution < -0.4 is 10.2 Å². The summed E-state index contributed by atoms with van der Waals surface area (Å²) in [6.07, 6.45) is 0. The molecule has 3 aromatic rings. The highest BCUT2D eigenvalue weighted by atomic mass is 35.5. The van der Waals surface area contributed by atoms with Crippen LogP contribution in [0.3, 0.4) is 0 Å². The van der Waals surface area contributed by atoms with E-state index in [0.29, 0.717) is 35.2 Å². The van der Waals surface area contributed by atoms with E-state index >= 15 is 0 Å². The standard InChI is InChI=1S/C24H21Cl2N3O3S/c25-19-9-8-17(13-20(19)26)29-11-10-28(24(32)22(30)16-5-2-1-3-6-16)15-21(29)23(31)27-14-18-7-4-12-33-18/h1-9,12-13,21H,10-11,14-15H2,(H,27,31)/t21-/m0/s1. The van der Waals surface area contributed by atoms with Gasteiger partial charge in [-0.15, -0.1) is 11.3 Å². The lowest BCUT2D eigenvalue weighted by Gasteiger charge is -2.41. The van der Waals surface area contributed by atoms with Gasteiger partial charge in [-0.3, -0.25) is 14.4 Å². The van der Waals surface area contributed by atoms with Crippen LogP contribution in [0.25, 0.3) is 0 Å². The lowest BCUT2D eigenvalue weighted by atomic mass is 10.1. The van der Waals surface area contributed by atoms with Crippen LogP contribution in [-0.2, 0) is 16.1 Å². The fourth-order valence-electron chi connectivity index (χ4n) is 3.73. The molecule has 170 valence electrons. The molecule has 33 heavy (non-hydrogen) atoms. The predicted molar refractivity (Wildman–Crippen MR) is 131 cm³/mol. The van der Waals surface area contributed by atoms with E-state index in [-0.39, 0.29) is 12.5 Å². The monoisotopic (exact) mass is 501 g/mol. The van der Waals surface area contributed by atoms with E-state index in [1.165, 1.54) is 4.90 Å². The summed E-state index contributed by atoms with van der Waals surface area (Å²) in [6.45, 7) is 1.13. The first-order valence-electron chi connectivity index (χ1n) is 10.3. The number of benzene rings is 2. The number of halogens is 2. The molecule has 0 saturated carbocycles. The number of Topliss-reactive ketones (excluding diaryl/α,β-unsaturated/α-hetero) is 1. The molecule has 2 amide bonds. The SMILES string of the molecule is O=C(C(=O)N1CCN(c2ccc(Cl)c(Cl)c2)[C@H](C(=O)NCc2cccs2)C1)c1ccccc1. The van der Waals surface area contributed by atoms with E-state index in [0.717, 1.165) is 10.6 Å². The van der Waals surface area contributed by atoms with Crippen molar-refractivity contribution in [3.63, 3.8) is 0 Å². The van der Waals surface area contributed by atoms with Crippen molar-refractivity contribution in [1.82, 2.24) is 10.2 Å². The van der Waals surface area contributed by atoms with Crippen LogP contribution in [0.4, 0.5) is 5.69 Å². The van der Waals surface area contributed by atoms with Gasteiger partial charge in [-0.05, 0) is 29.6 Å². The molecule has 0 radical (unpaired) electrons. The third-order valence-electron chi connectivity index (χ3n) is 5.45. The summed E-state index contributed by atoms with van der Waals surface area (Å²) in [5.41, 5.74) is 1.05. The van der Waals surface area contributed by atoms with Gasteiger partial charge in [-0.2, -0.15) is 0 Å². The van der Waals surface area contributed by atoms with E-state index in [9.17, 15) is 14.4 Å². The molecule has 0 aliphatic carbocycles. The van der Waals surface area contributed by atoms with Gasteiger partial charge in [0.05, 0.1) is 23.1 Å². The molecule has 1 saturated heterocycles. The Morgan fingerprint density at radius 2 is 1.76 bits per heavy atom. The molecule has 1 aliphatic rings. The van der Waals surface area contributed by atoms with Crippen LogP contribution in [0.1, 0.15) is 15.2 Å². The Labute approximate surface area is 205 Å². The molecule has 9 heteroatoms. The second kappa shape index (κ2) is 10.4. The highest BCUT2D eigenvalue weighted by Crippen LogP contribution is 2.29. The van der Waals surface area contributed by atoms with Crippen molar-refractivity contribution in [3.05, 3.63) is 86.5 Å². The lowest BCUT2D eigenvalue weighted by molar-refractivity contribution is -0.129. The van der Waals surface area contributed by atoms with Crippen molar-refractivity contribution < 1.29 is 14.4 Å². The fourth-order valence-corrected chi connectivity index (χ4v) is 4.66.